The number of aromatic nitrogens is 2. The molecule has 0 saturated carbocycles. The second-order valence-corrected chi connectivity index (χ2v) is 8.96. The van der Waals surface area contributed by atoms with Crippen molar-refractivity contribution in [2.45, 2.75) is 13.8 Å². The molecule has 0 aliphatic rings. The number of aromatic hydroxyl groups is 1. The molecule has 0 radical (unpaired) electrons. The number of benzene rings is 2. The van der Waals surface area contributed by atoms with Gasteiger partial charge in [0.15, 0.2) is 17.3 Å². The number of Topliss-reactive ketones (excluding diaryl/α,β-unsaturated/α-hetero) is 2. The van der Waals surface area contributed by atoms with E-state index in [2.05, 4.69) is 19.4 Å². The maximum Gasteiger partial charge on any atom is 0.343 e. The van der Waals surface area contributed by atoms with Crippen LogP contribution in [0.25, 0.3) is 0 Å². The highest BCUT2D eigenvalue weighted by Gasteiger charge is 2.22. The number of esters is 3. The van der Waals surface area contributed by atoms with Gasteiger partial charge in [0.25, 0.3) is 5.24 Å². The van der Waals surface area contributed by atoms with E-state index in [-0.39, 0.29) is 50.9 Å². The zero-order chi connectivity index (χ0) is 33.5. The highest BCUT2D eigenvalue weighted by atomic mass is 35.5. The highest BCUT2D eigenvalue weighted by Crippen LogP contribution is 2.27. The van der Waals surface area contributed by atoms with E-state index in [9.17, 15) is 33.9 Å². The van der Waals surface area contributed by atoms with Gasteiger partial charge in [0.1, 0.15) is 16.9 Å². The molecule has 2 heterocycles. The lowest BCUT2D eigenvalue weighted by atomic mass is 10.1. The Hall–Kier alpha value is -5.75. The van der Waals surface area contributed by atoms with E-state index in [0.717, 1.165) is 0 Å². The van der Waals surface area contributed by atoms with Crippen LogP contribution in [0.4, 0.5) is 0 Å². The molecule has 0 saturated heterocycles. The van der Waals surface area contributed by atoms with Crippen LogP contribution >= 0.6 is 11.6 Å². The minimum atomic E-state index is -0.694. The Balaban J connectivity index is 0.000000261. The fraction of sp³-hybridized carbons (Fsp3) is 0.125. The number of para-hydroxylation sites is 2. The molecule has 4 rings (SSSR count). The monoisotopic (exact) mass is 634 g/mol. The fourth-order valence-electron chi connectivity index (χ4n) is 3.42. The first kappa shape index (κ1) is 35.4. The van der Waals surface area contributed by atoms with E-state index in [1.54, 1.807) is 12.1 Å². The van der Waals surface area contributed by atoms with Gasteiger partial charge < -0.3 is 19.3 Å². The van der Waals surface area contributed by atoms with Crippen LogP contribution in [-0.2, 0) is 9.47 Å². The molecule has 0 unspecified atom stereocenters. The number of carbonyl (C=O) groups is 6. The van der Waals surface area contributed by atoms with Gasteiger partial charge in [-0.05, 0) is 74.0 Å². The lowest BCUT2D eigenvalue weighted by Crippen LogP contribution is -2.15. The Bertz CT molecular complexity index is 1690. The average Bonchev–Trinajstić information content (AvgIpc) is 3.05. The molecule has 232 valence electrons. The van der Waals surface area contributed by atoms with Crippen molar-refractivity contribution >= 4 is 46.3 Å². The quantitative estimate of drug-likeness (QED) is 0.123. The maximum atomic E-state index is 12.1. The van der Waals surface area contributed by atoms with E-state index < -0.39 is 23.2 Å². The van der Waals surface area contributed by atoms with E-state index in [4.69, 9.17) is 16.3 Å². The van der Waals surface area contributed by atoms with Gasteiger partial charge >= 0.3 is 17.9 Å². The standard InChI is InChI=1S/C16H13NO5.C10H10O4.C6H4ClNO/c1-10(18)12-4-3-5-13(16(20)21-2)14(12)22-15(19)11-6-8-17-9-7-11;1-6(11)7-4-3-5-8(9(7)12)10(13)14-2;7-6(9)5-1-3-8-4-2-5/h3-9H,1-2H3;3-5,12H,1-2H3;1-4H. The Kier molecular flexibility index (Phi) is 13.7. The second-order valence-electron chi connectivity index (χ2n) is 8.61. The normalized spacial score (nSPS) is 9.62. The molecule has 4 aromatic rings. The Morgan fingerprint density at radius 1 is 0.600 bits per heavy atom. The van der Waals surface area contributed by atoms with Gasteiger partial charge in [0, 0.05) is 30.4 Å². The van der Waals surface area contributed by atoms with Crippen molar-refractivity contribution in [1.29, 1.82) is 0 Å². The molecule has 45 heavy (non-hydrogen) atoms. The summed E-state index contributed by atoms with van der Waals surface area (Å²) in [6.07, 6.45) is 5.93. The third-order valence-corrected chi connectivity index (χ3v) is 5.86. The number of phenolic OH excluding ortho intramolecular Hbond substituents is 1. The summed E-state index contributed by atoms with van der Waals surface area (Å²) in [6, 6.07) is 14.8. The largest absolute Gasteiger partial charge is 0.506 e. The molecule has 0 amide bonds. The number of nitrogens with zero attached hydrogens (tertiary/aromatic N) is 2. The predicted octanol–water partition coefficient (Wildman–Crippen LogP) is 5.13. The minimum absolute atomic E-state index is 0.000185. The molecule has 0 aliphatic heterocycles. The highest BCUT2D eigenvalue weighted by molar-refractivity contribution is 6.67. The third kappa shape index (κ3) is 10.2. The first-order chi connectivity index (χ1) is 21.4. The summed E-state index contributed by atoms with van der Waals surface area (Å²) in [5.41, 5.74) is 0.992. The van der Waals surface area contributed by atoms with Crippen molar-refractivity contribution in [3.63, 3.8) is 0 Å². The summed E-state index contributed by atoms with van der Waals surface area (Å²) in [5, 5.41) is 9.09. The fourth-order valence-corrected chi connectivity index (χ4v) is 3.55. The number of ketones is 2. The van der Waals surface area contributed by atoms with Crippen molar-refractivity contribution in [2.24, 2.45) is 0 Å². The predicted molar refractivity (Wildman–Crippen MR) is 161 cm³/mol. The number of rotatable bonds is 7. The third-order valence-electron chi connectivity index (χ3n) is 5.64. The van der Waals surface area contributed by atoms with Crippen LogP contribution in [0.3, 0.4) is 0 Å². The number of hydrogen-bond donors (Lipinski definition) is 1. The molecule has 0 bridgehead atoms. The summed E-state index contributed by atoms with van der Waals surface area (Å²) >= 11 is 5.14. The molecule has 0 atom stereocenters. The van der Waals surface area contributed by atoms with Crippen LogP contribution in [-0.4, -0.2) is 64.0 Å². The summed E-state index contributed by atoms with van der Waals surface area (Å²) in [6.45, 7) is 2.64. The van der Waals surface area contributed by atoms with Crippen molar-refractivity contribution in [1.82, 2.24) is 9.97 Å². The Morgan fingerprint density at radius 2 is 1.02 bits per heavy atom. The average molecular weight is 635 g/mol. The molecule has 0 aliphatic carbocycles. The number of pyridine rings is 2. The SMILES string of the molecule is COC(=O)c1cccc(C(C)=O)c1O.COC(=O)c1cccc(C(C)=O)c1OC(=O)c1ccncc1.O=C(Cl)c1ccncc1. The number of carbonyl (C=O) groups excluding carboxylic acids is 6. The first-order valence-electron chi connectivity index (χ1n) is 12.8. The number of hydrogen-bond acceptors (Lipinski definition) is 12. The van der Waals surface area contributed by atoms with E-state index in [1.807, 2.05) is 0 Å². The lowest BCUT2D eigenvalue weighted by molar-refractivity contribution is 0.0583. The van der Waals surface area contributed by atoms with E-state index >= 15 is 0 Å². The number of halogens is 1. The molecule has 13 heteroatoms. The summed E-state index contributed by atoms with van der Waals surface area (Å²) in [5.74, 6) is -3.11. The van der Waals surface area contributed by atoms with Gasteiger partial charge in [-0.15, -0.1) is 0 Å². The number of phenols is 1. The van der Waals surface area contributed by atoms with Gasteiger partial charge in [0.05, 0.1) is 30.9 Å². The molecule has 2 aromatic carbocycles. The van der Waals surface area contributed by atoms with Crippen LogP contribution in [0.15, 0.2) is 85.5 Å². The van der Waals surface area contributed by atoms with Crippen LogP contribution in [0.2, 0.25) is 0 Å². The first-order valence-corrected chi connectivity index (χ1v) is 13.2. The van der Waals surface area contributed by atoms with E-state index in [1.165, 1.54) is 101 Å². The molecule has 0 fully saturated rings. The minimum Gasteiger partial charge on any atom is -0.506 e. The van der Waals surface area contributed by atoms with Gasteiger partial charge in [-0.2, -0.15) is 0 Å². The molecule has 0 spiro atoms. The smallest absolute Gasteiger partial charge is 0.343 e. The number of methoxy groups -OCH3 is 2. The molecule has 12 nitrogen and oxygen atoms in total. The lowest BCUT2D eigenvalue weighted by Gasteiger charge is -2.12. The summed E-state index contributed by atoms with van der Waals surface area (Å²) in [4.78, 5) is 75.7. The topological polar surface area (TPSA) is 176 Å². The van der Waals surface area contributed by atoms with Crippen LogP contribution < -0.4 is 4.74 Å². The summed E-state index contributed by atoms with van der Waals surface area (Å²) in [7, 11) is 2.42. The van der Waals surface area contributed by atoms with Crippen molar-refractivity contribution in [3.05, 3.63) is 119 Å². The van der Waals surface area contributed by atoms with E-state index in [0.29, 0.717) is 5.56 Å². The van der Waals surface area contributed by atoms with Crippen LogP contribution in [0.5, 0.6) is 11.5 Å². The van der Waals surface area contributed by atoms with Crippen LogP contribution in [0.1, 0.15) is 76.0 Å². The zero-order valence-electron chi connectivity index (χ0n) is 24.5. The van der Waals surface area contributed by atoms with Crippen LogP contribution in [0, 0.1) is 0 Å². The zero-order valence-corrected chi connectivity index (χ0v) is 25.2. The van der Waals surface area contributed by atoms with Gasteiger partial charge in [0.2, 0.25) is 0 Å². The van der Waals surface area contributed by atoms with Crippen molar-refractivity contribution in [2.75, 3.05) is 14.2 Å². The van der Waals surface area contributed by atoms with Gasteiger partial charge in [-0.1, -0.05) is 12.1 Å². The maximum absolute atomic E-state index is 12.1. The molecule has 2 aromatic heterocycles. The van der Waals surface area contributed by atoms with Gasteiger partial charge in [-0.3, -0.25) is 24.4 Å². The molecular weight excluding hydrogens is 608 g/mol. The van der Waals surface area contributed by atoms with Crippen molar-refractivity contribution < 1.29 is 48.1 Å². The van der Waals surface area contributed by atoms with Gasteiger partial charge in [-0.25, -0.2) is 14.4 Å². The molecule has 1 N–H and O–H groups in total. The van der Waals surface area contributed by atoms with Crippen molar-refractivity contribution in [3.8, 4) is 11.5 Å². The summed E-state index contributed by atoms with van der Waals surface area (Å²) < 4.78 is 14.3. The second kappa shape index (κ2) is 17.4. The molecular formula is C32H27ClN2O10. The Morgan fingerprint density at radius 3 is 1.47 bits per heavy atom. The Labute approximate surface area is 262 Å². The number of ether oxygens (including phenoxy) is 3.